The Morgan fingerprint density at radius 2 is 2.00 bits per heavy atom. The van der Waals surface area contributed by atoms with E-state index in [2.05, 4.69) is 24.8 Å². The summed E-state index contributed by atoms with van der Waals surface area (Å²) in [5.74, 6) is 0.566. The first-order valence-electron chi connectivity index (χ1n) is 5.17. The molecule has 0 aliphatic carbocycles. The molecule has 0 atom stereocenters. The monoisotopic (exact) mass is 198 g/mol. The Bertz CT molecular complexity index is 188. The minimum Gasteiger partial charge on any atom is -0.389 e. The van der Waals surface area contributed by atoms with Gasteiger partial charge < -0.3 is 5.11 Å². The molecule has 0 rings (SSSR count). The first-order valence-corrected chi connectivity index (χ1v) is 5.17. The van der Waals surface area contributed by atoms with Gasteiger partial charge in [0, 0.05) is 26.1 Å². The molecule has 3 nitrogen and oxygen atoms in total. The lowest BCUT2D eigenvalue weighted by Crippen LogP contribution is -2.40. The first-order chi connectivity index (χ1) is 6.35. The molecule has 0 aliphatic heterocycles. The summed E-state index contributed by atoms with van der Waals surface area (Å²) in [6, 6.07) is 2.13. The molecule has 0 aromatic rings. The largest absolute Gasteiger partial charge is 0.389 e. The molecule has 0 saturated heterocycles. The molecule has 0 aromatic heterocycles. The van der Waals surface area contributed by atoms with Gasteiger partial charge in [-0.05, 0) is 19.8 Å². The zero-order valence-electron chi connectivity index (χ0n) is 9.75. The molecule has 0 aliphatic rings. The van der Waals surface area contributed by atoms with Crippen LogP contribution >= 0.6 is 0 Å². The predicted octanol–water partition coefficient (Wildman–Crippen LogP) is 1.63. The van der Waals surface area contributed by atoms with Crippen LogP contribution in [0.4, 0.5) is 0 Å². The molecule has 0 radical (unpaired) electrons. The lowest BCUT2D eigenvalue weighted by Gasteiger charge is -2.29. The third kappa shape index (κ3) is 8.03. The second kappa shape index (κ2) is 6.00. The van der Waals surface area contributed by atoms with Gasteiger partial charge in [0.1, 0.15) is 0 Å². The molecule has 0 fully saturated rings. The molecule has 0 bridgehead atoms. The van der Waals surface area contributed by atoms with Crippen LogP contribution in [0.25, 0.3) is 0 Å². The van der Waals surface area contributed by atoms with E-state index in [0.29, 0.717) is 18.9 Å². The normalized spacial score (nSPS) is 12.1. The van der Waals surface area contributed by atoms with Crippen molar-refractivity contribution in [1.82, 2.24) is 4.90 Å². The van der Waals surface area contributed by atoms with E-state index >= 15 is 0 Å². The molecule has 0 amide bonds. The van der Waals surface area contributed by atoms with E-state index < -0.39 is 5.60 Å². The standard InChI is InChI=1S/C11H22N2O/c1-10(2)8-13(7-5-6-12)9-11(3,4)14/h10,14H,5,7-9H2,1-4H3. The van der Waals surface area contributed by atoms with Crippen molar-refractivity contribution in [2.75, 3.05) is 19.6 Å². The van der Waals surface area contributed by atoms with Crippen LogP contribution in [-0.4, -0.2) is 35.2 Å². The van der Waals surface area contributed by atoms with Gasteiger partial charge in [-0.15, -0.1) is 0 Å². The maximum Gasteiger partial charge on any atom is 0.0718 e. The second-order valence-corrected chi connectivity index (χ2v) is 4.85. The number of aliphatic hydroxyl groups is 1. The third-order valence-electron chi connectivity index (χ3n) is 1.77. The molecule has 82 valence electrons. The summed E-state index contributed by atoms with van der Waals surface area (Å²) in [5.41, 5.74) is -0.676. The first kappa shape index (κ1) is 13.4. The Morgan fingerprint density at radius 1 is 1.43 bits per heavy atom. The average Bonchev–Trinajstić information content (AvgIpc) is 1.96. The molecular weight excluding hydrogens is 176 g/mol. The molecular formula is C11H22N2O. The van der Waals surface area contributed by atoms with E-state index in [1.807, 2.05) is 0 Å². The molecule has 1 N–H and O–H groups in total. The second-order valence-electron chi connectivity index (χ2n) is 4.85. The van der Waals surface area contributed by atoms with E-state index in [-0.39, 0.29) is 0 Å². The summed E-state index contributed by atoms with van der Waals surface area (Å²) in [6.45, 7) is 10.2. The average molecular weight is 198 g/mol. The lowest BCUT2D eigenvalue weighted by molar-refractivity contribution is 0.0333. The zero-order chi connectivity index (χ0) is 11.2. The van der Waals surface area contributed by atoms with Crippen LogP contribution in [0, 0.1) is 17.2 Å². The van der Waals surface area contributed by atoms with Crippen molar-refractivity contribution >= 4 is 0 Å². The van der Waals surface area contributed by atoms with Gasteiger partial charge in [0.05, 0.1) is 11.7 Å². The number of hydrogen-bond donors (Lipinski definition) is 1. The predicted molar refractivity (Wildman–Crippen MR) is 57.8 cm³/mol. The van der Waals surface area contributed by atoms with E-state index in [9.17, 15) is 5.11 Å². The number of hydrogen-bond acceptors (Lipinski definition) is 3. The number of rotatable bonds is 6. The Hall–Kier alpha value is -0.590. The fraction of sp³-hybridized carbons (Fsp3) is 0.909. The van der Waals surface area contributed by atoms with Crippen molar-refractivity contribution in [3.63, 3.8) is 0 Å². The zero-order valence-corrected chi connectivity index (χ0v) is 9.75. The van der Waals surface area contributed by atoms with Gasteiger partial charge in [0.15, 0.2) is 0 Å². The van der Waals surface area contributed by atoms with Crippen LogP contribution in [0.1, 0.15) is 34.1 Å². The molecule has 0 unspecified atom stereocenters. The van der Waals surface area contributed by atoms with Crippen molar-refractivity contribution in [3.05, 3.63) is 0 Å². The van der Waals surface area contributed by atoms with Crippen LogP contribution < -0.4 is 0 Å². The molecule has 3 heteroatoms. The van der Waals surface area contributed by atoms with Crippen molar-refractivity contribution in [2.45, 2.75) is 39.7 Å². The fourth-order valence-electron chi connectivity index (χ4n) is 1.51. The van der Waals surface area contributed by atoms with Crippen LogP contribution in [0.2, 0.25) is 0 Å². The third-order valence-corrected chi connectivity index (χ3v) is 1.77. The van der Waals surface area contributed by atoms with Gasteiger partial charge in [-0.2, -0.15) is 5.26 Å². The quantitative estimate of drug-likeness (QED) is 0.705. The van der Waals surface area contributed by atoms with Crippen molar-refractivity contribution in [2.24, 2.45) is 5.92 Å². The van der Waals surface area contributed by atoms with Gasteiger partial charge in [-0.3, -0.25) is 4.90 Å². The fourth-order valence-corrected chi connectivity index (χ4v) is 1.51. The van der Waals surface area contributed by atoms with E-state index in [4.69, 9.17) is 5.26 Å². The van der Waals surface area contributed by atoms with Gasteiger partial charge in [0.2, 0.25) is 0 Å². The highest BCUT2D eigenvalue weighted by atomic mass is 16.3. The van der Waals surface area contributed by atoms with Crippen molar-refractivity contribution in [1.29, 1.82) is 5.26 Å². The highest BCUT2D eigenvalue weighted by Gasteiger charge is 2.18. The van der Waals surface area contributed by atoms with E-state index in [0.717, 1.165) is 13.1 Å². The minimum atomic E-state index is -0.676. The highest BCUT2D eigenvalue weighted by molar-refractivity contribution is 4.77. The highest BCUT2D eigenvalue weighted by Crippen LogP contribution is 2.07. The Morgan fingerprint density at radius 3 is 2.36 bits per heavy atom. The summed E-state index contributed by atoms with van der Waals surface area (Å²) in [7, 11) is 0. The van der Waals surface area contributed by atoms with Gasteiger partial charge in [0.25, 0.3) is 0 Å². The summed E-state index contributed by atoms with van der Waals surface area (Å²) in [5, 5.41) is 18.2. The lowest BCUT2D eigenvalue weighted by atomic mass is 10.1. The van der Waals surface area contributed by atoms with Crippen LogP contribution in [0.3, 0.4) is 0 Å². The minimum absolute atomic E-state index is 0.531. The molecule has 0 heterocycles. The van der Waals surface area contributed by atoms with Crippen LogP contribution in [0.15, 0.2) is 0 Å². The molecule has 0 saturated carbocycles. The summed E-state index contributed by atoms with van der Waals surface area (Å²) in [6.07, 6.45) is 0.531. The Kier molecular flexibility index (Phi) is 5.75. The van der Waals surface area contributed by atoms with Crippen molar-refractivity contribution < 1.29 is 5.11 Å². The van der Waals surface area contributed by atoms with E-state index in [1.54, 1.807) is 13.8 Å². The topological polar surface area (TPSA) is 47.3 Å². The van der Waals surface area contributed by atoms with Gasteiger partial charge in [-0.25, -0.2) is 0 Å². The smallest absolute Gasteiger partial charge is 0.0718 e. The number of nitrogens with zero attached hydrogens (tertiary/aromatic N) is 2. The van der Waals surface area contributed by atoms with Crippen LogP contribution in [-0.2, 0) is 0 Å². The van der Waals surface area contributed by atoms with E-state index in [1.165, 1.54) is 0 Å². The van der Waals surface area contributed by atoms with Crippen molar-refractivity contribution in [3.8, 4) is 6.07 Å². The Balaban J connectivity index is 4.05. The van der Waals surface area contributed by atoms with Crippen LogP contribution in [0.5, 0.6) is 0 Å². The summed E-state index contributed by atoms with van der Waals surface area (Å²) >= 11 is 0. The maximum atomic E-state index is 9.68. The summed E-state index contributed by atoms with van der Waals surface area (Å²) in [4.78, 5) is 2.15. The van der Waals surface area contributed by atoms with Gasteiger partial charge >= 0.3 is 0 Å². The summed E-state index contributed by atoms with van der Waals surface area (Å²) < 4.78 is 0. The number of nitriles is 1. The SMILES string of the molecule is CC(C)CN(CCC#N)CC(C)(C)O. The van der Waals surface area contributed by atoms with Gasteiger partial charge in [-0.1, -0.05) is 13.8 Å². The maximum absolute atomic E-state index is 9.68. The Labute approximate surface area is 87.3 Å². The molecule has 0 spiro atoms. The molecule has 14 heavy (non-hydrogen) atoms. The molecule has 0 aromatic carbocycles.